The summed E-state index contributed by atoms with van der Waals surface area (Å²) in [5, 5.41) is 0.760. The summed E-state index contributed by atoms with van der Waals surface area (Å²) in [6.45, 7) is 5.92. The number of nitrogen functional groups attached to an aromatic ring is 1. The number of nitrogens with zero attached hydrogens (tertiary/aromatic N) is 2. The Hall–Kier alpha value is -1.66. The van der Waals surface area contributed by atoms with Gasteiger partial charge in [0.25, 0.3) is 0 Å². The van der Waals surface area contributed by atoms with Crippen LogP contribution >= 0.6 is 0 Å². The van der Waals surface area contributed by atoms with Gasteiger partial charge in [-0.3, -0.25) is 0 Å². The normalized spacial score (nSPS) is 14.0. The van der Waals surface area contributed by atoms with Crippen molar-refractivity contribution in [2.75, 3.05) is 12.8 Å². The molecule has 5 nitrogen and oxygen atoms in total. The van der Waals surface area contributed by atoms with Gasteiger partial charge in [-0.25, -0.2) is 13.4 Å². The molecule has 1 unspecified atom stereocenters. The summed E-state index contributed by atoms with van der Waals surface area (Å²) < 4.78 is 26.8. The van der Waals surface area contributed by atoms with E-state index in [-0.39, 0.29) is 16.9 Å². The first kappa shape index (κ1) is 15.7. The van der Waals surface area contributed by atoms with Crippen molar-refractivity contribution in [3.63, 3.8) is 0 Å². The van der Waals surface area contributed by atoms with Crippen molar-refractivity contribution in [2.24, 2.45) is 5.92 Å². The molecule has 0 radical (unpaired) electrons. The lowest BCUT2D eigenvalue weighted by Crippen LogP contribution is -2.38. The van der Waals surface area contributed by atoms with Crippen molar-refractivity contribution in [3.05, 3.63) is 30.3 Å². The van der Waals surface area contributed by atoms with Crippen molar-refractivity contribution >= 4 is 26.7 Å². The maximum absolute atomic E-state index is 12.7. The van der Waals surface area contributed by atoms with Crippen LogP contribution in [0, 0.1) is 5.92 Å². The standard InChI is InChI=1S/C15H21N3O2S/c1-10(2)11(3)18(4)21(19,20)13-6-7-14-12(9-13)5-8-15(16)17-14/h5-11H,1-4H3,(H2,16,17). The molecular formula is C15H21N3O2S. The van der Waals surface area contributed by atoms with Gasteiger partial charge in [0.2, 0.25) is 10.0 Å². The lowest BCUT2D eigenvalue weighted by atomic mass is 10.1. The third-order valence-electron chi connectivity index (χ3n) is 3.90. The molecule has 0 amide bonds. The molecule has 0 saturated carbocycles. The summed E-state index contributed by atoms with van der Waals surface area (Å²) in [6, 6.07) is 8.28. The molecule has 114 valence electrons. The highest BCUT2D eigenvalue weighted by molar-refractivity contribution is 7.89. The van der Waals surface area contributed by atoms with Gasteiger partial charge in [-0.05, 0) is 43.2 Å². The highest BCUT2D eigenvalue weighted by Crippen LogP contribution is 2.23. The fourth-order valence-corrected chi connectivity index (χ4v) is 3.61. The van der Waals surface area contributed by atoms with E-state index in [0.29, 0.717) is 11.3 Å². The number of hydrogen-bond donors (Lipinski definition) is 1. The second-order valence-corrected chi connectivity index (χ2v) is 7.59. The molecule has 2 rings (SSSR count). The summed E-state index contributed by atoms with van der Waals surface area (Å²) in [5.74, 6) is 0.662. The number of pyridine rings is 1. The van der Waals surface area contributed by atoms with E-state index >= 15 is 0 Å². The van der Waals surface area contributed by atoms with Gasteiger partial charge in [0.05, 0.1) is 10.4 Å². The molecule has 1 heterocycles. The SMILES string of the molecule is CC(C)C(C)N(C)S(=O)(=O)c1ccc2nc(N)ccc2c1. The Morgan fingerprint density at radius 2 is 1.81 bits per heavy atom. The maximum atomic E-state index is 12.7. The molecule has 1 aromatic carbocycles. The molecule has 0 bridgehead atoms. The zero-order chi connectivity index (χ0) is 15.8. The minimum absolute atomic E-state index is 0.0739. The summed E-state index contributed by atoms with van der Waals surface area (Å²) >= 11 is 0. The van der Waals surface area contributed by atoms with E-state index in [1.54, 1.807) is 37.4 Å². The summed E-state index contributed by atoms with van der Waals surface area (Å²) in [6.07, 6.45) is 0. The van der Waals surface area contributed by atoms with Crippen LogP contribution in [-0.4, -0.2) is 30.8 Å². The van der Waals surface area contributed by atoms with Crippen LogP contribution in [0.15, 0.2) is 35.2 Å². The van der Waals surface area contributed by atoms with Crippen LogP contribution in [0.25, 0.3) is 10.9 Å². The molecule has 1 atom stereocenters. The number of hydrogen-bond acceptors (Lipinski definition) is 4. The zero-order valence-electron chi connectivity index (χ0n) is 12.7. The molecule has 21 heavy (non-hydrogen) atoms. The Labute approximate surface area is 125 Å². The first-order valence-electron chi connectivity index (χ1n) is 6.88. The molecule has 0 fully saturated rings. The fraction of sp³-hybridized carbons (Fsp3) is 0.400. The molecule has 0 saturated heterocycles. The Balaban J connectivity index is 2.47. The first-order chi connectivity index (χ1) is 9.73. The van der Waals surface area contributed by atoms with E-state index in [9.17, 15) is 8.42 Å². The molecule has 0 aliphatic heterocycles. The topological polar surface area (TPSA) is 76.3 Å². The third-order valence-corrected chi connectivity index (χ3v) is 5.84. The number of nitrogens with two attached hydrogens (primary N) is 1. The summed E-state index contributed by atoms with van der Waals surface area (Å²) in [7, 11) is -1.89. The molecule has 2 N–H and O–H groups in total. The minimum atomic E-state index is -3.51. The van der Waals surface area contributed by atoms with Gasteiger partial charge in [-0.1, -0.05) is 13.8 Å². The number of aromatic nitrogens is 1. The second kappa shape index (κ2) is 5.61. The van der Waals surface area contributed by atoms with Gasteiger partial charge in [-0.15, -0.1) is 0 Å². The summed E-state index contributed by atoms with van der Waals surface area (Å²) in [4.78, 5) is 4.45. The number of sulfonamides is 1. The van der Waals surface area contributed by atoms with Crippen molar-refractivity contribution in [2.45, 2.75) is 31.7 Å². The van der Waals surface area contributed by atoms with Crippen molar-refractivity contribution in [3.8, 4) is 0 Å². The van der Waals surface area contributed by atoms with Crippen molar-refractivity contribution < 1.29 is 8.42 Å². The average molecular weight is 307 g/mol. The Kier molecular flexibility index (Phi) is 4.20. The van der Waals surface area contributed by atoms with Gasteiger partial charge in [-0.2, -0.15) is 4.31 Å². The molecule has 1 aromatic heterocycles. The van der Waals surface area contributed by atoms with Crippen LogP contribution in [0.4, 0.5) is 5.82 Å². The number of rotatable bonds is 4. The van der Waals surface area contributed by atoms with Crippen LogP contribution in [-0.2, 0) is 10.0 Å². The number of anilines is 1. The predicted molar refractivity (Wildman–Crippen MR) is 85.4 cm³/mol. The lowest BCUT2D eigenvalue weighted by molar-refractivity contribution is 0.316. The van der Waals surface area contributed by atoms with E-state index in [1.165, 1.54) is 4.31 Å². The van der Waals surface area contributed by atoms with Crippen LogP contribution in [0.1, 0.15) is 20.8 Å². The van der Waals surface area contributed by atoms with Crippen LogP contribution in [0.2, 0.25) is 0 Å². The molecule has 0 aliphatic rings. The largest absolute Gasteiger partial charge is 0.384 e. The highest BCUT2D eigenvalue weighted by Gasteiger charge is 2.27. The fourth-order valence-electron chi connectivity index (χ4n) is 2.08. The zero-order valence-corrected chi connectivity index (χ0v) is 13.6. The number of fused-ring (bicyclic) bond motifs is 1. The smallest absolute Gasteiger partial charge is 0.243 e. The van der Waals surface area contributed by atoms with E-state index in [0.717, 1.165) is 5.39 Å². The molecular weight excluding hydrogens is 286 g/mol. The number of benzene rings is 1. The van der Waals surface area contributed by atoms with E-state index < -0.39 is 10.0 Å². The van der Waals surface area contributed by atoms with Gasteiger partial charge in [0.1, 0.15) is 5.82 Å². The van der Waals surface area contributed by atoms with Gasteiger partial charge < -0.3 is 5.73 Å². The van der Waals surface area contributed by atoms with Crippen LogP contribution in [0.3, 0.4) is 0 Å². The first-order valence-corrected chi connectivity index (χ1v) is 8.32. The van der Waals surface area contributed by atoms with E-state index in [4.69, 9.17) is 5.73 Å². The van der Waals surface area contributed by atoms with Gasteiger partial charge in [0.15, 0.2) is 0 Å². The van der Waals surface area contributed by atoms with E-state index in [1.807, 2.05) is 20.8 Å². The molecule has 2 aromatic rings. The third kappa shape index (κ3) is 3.01. The van der Waals surface area contributed by atoms with E-state index in [2.05, 4.69) is 4.98 Å². The van der Waals surface area contributed by atoms with Crippen LogP contribution < -0.4 is 5.73 Å². The Bertz CT molecular complexity index is 757. The van der Waals surface area contributed by atoms with Gasteiger partial charge >= 0.3 is 0 Å². The predicted octanol–water partition coefficient (Wildman–Crippen LogP) is 2.48. The average Bonchev–Trinajstić information content (AvgIpc) is 2.44. The highest BCUT2D eigenvalue weighted by atomic mass is 32.2. The summed E-state index contributed by atoms with van der Waals surface area (Å²) in [5.41, 5.74) is 6.32. The minimum Gasteiger partial charge on any atom is -0.384 e. The quantitative estimate of drug-likeness (QED) is 0.941. The Morgan fingerprint density at radius 1 is 1.14 bits per heavy atom. The molecule has 0 spiro atoms. The van der Waals surface area contributed by atoms with Crippen molar-refractivity contribution in [1.82, 2.24) is 9.29 Å². The monoisotopic (exact) mass is 307 g/mol. The Morgan fingerprint density at radius 3 is 2.43 bits per heavy atom. The maximum Gasteiger partial charge on any atom is 0.243 e. The molecule has 0 aliphatic carbocycles. The molecule has 6 heteroatoms. The van der Waals surface area contributed by atoms with Crippen LogP contribution in [0.5, 0.6) is 0 Å². The van der Waals surface area contributed by atoms with Gasteiger partial charge in [0, 0.05) is 18.5 Å². The van der Waals surface area contributed by atoms with Crippen molar-refractivity contribution in [1.29, 1.82) is 0 Å². The second-order valence-electron chi connectivity index (χ2n) is 5.60. The lowest BCUT2D eigenvalue weighted by Gasteiger charge is -2.27.